The minimum absolute atomic E-state index is 0.00889. The Morgan fingerprint density at radius 1 is 0.966 bits per heavy atom. The van der Waals surface area contributed by atoms with E-state index in [1.807, 2.05) is 36.4 Å². The number of tetrazole rings is 1. The van der Waals surface area contributed by atoms with Gasteiger partial charge in [0.1, 0.15) is 6.54 Å². The Labute approximate surface area is 163 Å². The summed E-state index contributed by atoms with van der Waals surface area (Å²) in [6.07, 6.45) is -4.47. The molecule has 9 heteroatoms. The standard InChI is InChI=1S/C20H14F3N5O/c21-20(22,23)16-7-3-6-15(10-16)19-25-27-28(26-19)12-18(29)24-17-9-8-13-4-1-2-5-14(13)11-17/h1-11H,12H2,(H,24,29). The van der Waals surface area contributed by atoms with Crippen molar-refractivity contribution in [2.45, 2.75) is 12.7 Å². The molecule has 1 amide bonds. The highest BCUT2D eigenvalue weighted by molar-refractivity contribution is 5.94. The van der Waals surface area contributed by atoms with Crippen molar-refractivity contribution in [2.75, 3.05) is 5.32 Å². The number of carbonyl (C=O) groups excluding carboxylic acids is 1. The van der Waals surface area contributed by atoms with Crippen molar-refractivity contribution in [3.63, 3.8) is 0 Å². The zero-order valence-corrected chi connectivity index (χ0v) is 14.9. The lowest BCUT2D eigenvalue weighted by atomic mass is 10.1. The molecule has 0 fully saturated rings. The van der Waals surface area contributed by atoms with Gasteiger partial charge in [-0.1, -0.05) is 42.5 Å². The van der Waals surface area contributed by atoms with Crippen molar-refractivity contribution in [3.8, 4) is 11.4 Å². The first-order valence-electron chi connectivity index (χ1n) is 8.62. The fourth-order valence-corrected chi connectivity index (χ4v) is 2.86. The third-order valence-electron chi connectivity index (χ3n) is 4.22. The molecule has 0 saturated carbocycles. The van der Waals surface area contributed by atoms with E-state index < -0.39 is 11.7 Å². The molecule has 0 atom stereocenters. The van der Waals surface area contributed by atoms with E-state index in [0.29, 0.717) is 5.69 Å². The molecule has 1 aromatic heterocycles. The lowest BCUT2D eigenvalue weighted by Gasteiger charge is -2.07. The second kappa shape index (κ2) is 7.34. The van der Waals surface area contributed by atoms with Gasteiger partial charge in [0.05, 0.1) is 5.56 Å². The van der Waals surface area contributed by atoms with Crippen LogP contribution in [0.3, 0.4) is 0 Å². The average molecular weight is 397 g/mol. The lowest BCUT2D eigenvalue weighted by Crippen LogP contribution is -2.20. The van der Waals surface area contributed by atoms with Crippen molar-refractivity contribution in [2.24, 2.45) is 0 Å². The highest BCUT2D eigenvalue weighted by Crippen LogP contribution is 2.31. The Kier molecular flexibility index (Phi) is 4.71. The van der Waals surface area contributed by atoms with Crippen molar-refractivity contribution in [1.29, 1.82) is 0 Å². The van der Waals surface area contributed by atoms with Crippen molar-refractivity contribution in [3.05, 3.63) is 72.3 Å². The van der Waals surface area contributed by atoms with Crippen LogP contribution in [0.5, 0.6) is 0 Å². The summed E-state index contributed by atoms with van der Waals surface area (Å²) in [6, 6.07) is 17.9. The molecule has 0 spiro atoms. The molecule has 3 aromatic carbocycles. The van der Waals surface area contributed by atoms with Crippen LogP contribution in [0.15, 0.2) is 66.7 Å². The fourth-order valence-electron chi connectivity index (χ4n) is 2.86. The zero-order valence-electron chi connectivity index (χ0n) is 14.9. The number of alkyl halides is 3. The van der Waals surface area contributed by atoms with Crippen molar-refractivity contribution < 1.29 is 18.0 Å². The Bertz CT molecular complexity index is 1190. The summed E-state index contributed by atoms with van der Waals surface area (Å²) in [6.45, 7) is -0.223. The van der Waals surface area contributed by atoms with Crippen LogP contribution in [0.4, 0.5) is 18.9 Å². The van der Waals surface area contributed by atoms with Gasteiger partial charge in [-0.05, 0) is 40.3 Å². The van der Waals surface area contributed by atoms with E-state index in [4.69, 9.17) is 0 Å². The van der Waals surface area contributed by atoms with Gasteiger partial charge >= 0.3 is 6.18 Å². The first-order valence-corrected chi connectivity index (χ1v) is 8.62. The molecule has 0 aliphatic heterocycles. The van der Waals surface area contributed by atoms with Crippen LogP contribution < -0.4 is 5.32 Å². The molecule has 4 aromatic rings. The molecule has 29 heavy (non-hydrogen) atoms. The molecule has 1 heterocycles. The molecule has 0 aliphatic rings. The third-order valence-corrected chi connectivity index (χ3v) is 4.22. The second-order valence-corrected chi connectivity index (χ2v) is 6.33. The molecule has 4 rings (SSSR count). The predicted octanol–water partition coefficient (Wildman–Crippen LogP) is 4.15. The Balaban J connectivity index is 1.46. The highest BCUT2D eigenvalue weighted by Gasteiger charge is 2.30. The summed E-state index contributed by atoms with van der Waals surface area (Å²) in [7, 11) is 0. The van der Waals surface area contributed by atoms with Crippen LogP contribution in [-0.2, 0) is 17.5 Å². The predicted molar refractivity (Wildman–Crippen MR) is 101 cm³/mol. The van der Waals surface area contributed by atoms with E-state index in [1.165, 1.54) is 12.1 Å². The molecule has 0 unspecified atom stereocenters. The molecule has 0 bridgehead atoms. The second-order valence-electron chi connectivity index (χ2n) is 6.33. The van der Waals surface area contributed by atoms with Crippen LogP contribution in [0.25, 0.3) is 22.2 Å². The maximum Gasteiger partial charge on any atom is 0.416 e. The molecule has 6 nitrogen and oxygen atoms in total. The number of halogens is 3. The van der Waals surface area contributed by atoms with Gasteiger partial charge in [0.25, 0.3) is 0 Å². The number of aromatic nitrogens is 4. The highest BCUT2D eigenvalue weighted by atomic mass is 19.4. The van der Waals surface area contributed by atoms with Crippen LogP contribution >= 0.6 is 0 Å². The molecule has 1 N–H and O–H groups in total. The maximum absolute atomic E-state index is 12.9. The van der Waals surface area contributed by atoms with E-state index in [0.717, 1.165) is 27.7 Å². The van der Waals surface area contributed by atoms with Gasteiger partial charge in [0.2, 0.25) is 11.7 Å². The van der Waals surface area contributed by atoms with Crippen LogP contribution in [0.1, 0.15) is 5.56 Å². The van der Waals surface area contributed by atoms with E-state index in [2.05, 4.69) is 20.7 Å². The number of nitrogens with one attached hydrogen (secondary N) is 1. The minimum atomic E-state index is -4.47. The number of carbonyl (C=O) groups is 1. The van der Waals surface area contributed by atoms with Crippen molar-refractivity contribution >= 4 is 22.4 Å². The summed E-state index contributed by atoms with van der Waals surface area (Å²) in [5.41, 5.74) is -0.0201. The van der Waals surface area contributed by atoms with E-state index in [9.17, 15) is 18.0 Å². The molecule has 0 aliphatic carbocycles. The van der Waals surface area contributed by atoms with Gasteiger partial charge in [-0.15, -0.1) is 10.2 Å². The molecule has 0 saturated heterocycles. The molecular formula is C20H14F3N5O. The molecular weight excluding hydrogens is 383 g/mol. The van der Waals surface area contributed by atoms with Gasteiger partial charge in [-0.25, -0.2) is 0 Å². The van der Waals surface area contributed by atoms with E-state index >= 15 is 0 Å². The zero-order chi connectivity index (χ0) is 20.4. The normalized spacial score (nSPS) is 11.6. The number of benzene rings is 3. The van der Waals surface area contributed by atoms with Gasteiger partial charge in [-0.3, -0.25) is 4.79 Å². The largest absolute Gasteiger partial charge is 0.416 e. The smallest absolute Gasteiger partial charge is 0.324 e. The number of hydrogen-bond acceptors (Lipinski definition) is 4. The summed E-state index contributed by atoms with van der Waals surface area (Å²) < 4.78 is 38.6. The maximum atomic E-state index is 12.9. The lowest BCUT2D eigenvalue weighted by molar-refractivity contribution is -0.137. The van der Waals surface area contributed by atoms with Gasteiger partial charge in [-0.2, -0.15) is 18.0 Å². The number of rotatable bonds is 4. The number of anilines is 1. The molecule has 146 valence electrons. The summed E-state index contributed by atoms with van der Waals surface area (Å²) >= 11 is 0. The fraction of sp³-hybridized carbons (Fsp3) is 0.100. The minimum Gasteiger partial charge on any atom is -0.324 e. The first kappa shape index (κ1) is 18.6. The Morgan fingerprint density at radius 3 is 2.55 bits per heavy atom. The monoisotopic (exact) mass is 397 g/mol. The van der Waals surface area contributed by atoms with E-state index in [1.54, 1.807) is 6.07 Å². The number of nitrogens with zero attached hydrogens (tertiary/aromatic N) is 4. The van der Waals surface area contributed by atoms with Gasteiger partial charge in [0.15, 0.2) is 0 Å². The summed E-state index contributed by atoms with van der Waals surface area (Å²) in [5, 5.41) is 16.3. The number of hydrogen-bond donors (Lipinski definition) is 1. The third kappa shape index (κ3) is 4.23. The van der Waals surface area contributed by atoms with Gasteiger partial charge in [0, 0.05) is 11.3 Å². The Morgan fingerprint density at radius 2 is 1.76 bits per heavy atom. The average Bonchev–Trinajstić information content (AvgIpc) is 3.15. The molecule has 0 radical (unpaired) electrons. The van der Waals surface area contributed by atoms with Crippen molar-refractivity contribution in [1.82, 2.24) is 20.2 Å². The van der Waals surface area contributed by atoms with Crippen LogP contribution in [0, 0.1) is 0 Å². The van der Waals surface area contributed by atoms with Crippen LogP contribution in [0.2, 0.25) is 0 Å². The van der Waals surface area contributed by atoms with Gasteiger partial charge < -0.3 is 5.32 Å². The number of amides is 1. The van der Waals surface area contributed by atoms with E-state index in [-0.39, 0.29) is 23.8 Å². The quantitative estimate of drug-likeness (QED) is 0.562. The topological polar surface area (TPSA) is 72.7 Å². The SMILES string of the molecule is O=C(Cn1nnc(-c2cccc(C(F)(F)F)c2)n1)Nc1ccc2ccccc2c1. The number of fused-ring (bicyclic) bond motifs is 1. The van der Waals surface area contributed by atoms with Crippen LogP contribution in [-0.4, -0.2) is 26.1 Å². The Hall–Kier alpha value is -3.75. The first-order chi connectivity index (χ1) is 13.9. The summed E-state index contributed by atoms with van der Waals surface area (Å²) in [5.74, 6) is -0.372. The summed E-state index contributed by atoms with van der Waals surface area (Å²) in [4.78, 5) is 13.3.